The maximum absolute atomic E-state index is 13.5. The van der Waals surface area contributed by atoms with Crippen LogP contribution in [-0.2, 0) is 22.8 Å². The fourth-order valence-corrected chi connectivity index (χ4v) is 5.99. The first-order chi connectivity index (χ1) is 15.7. The second-order valence-electron chi connectivity index (χ2n) is 9.05. The van der Waals surface area contributed by atoms with Gasteiger partial charge >= 0.3 is 0 Å². The van der Waals surface area contributed by atoms with Gasteiger partial charge in [0.15, 0.2) is 21.0 Å². The van der Waals surface area contributed by atoms with Gasteiger partial charge in [0.05, 0.1) is 16.9 Å². The third kappa shape index (κ3) is 5.03. The highest BCUT2D eigenvalue weighted by atomic mass is 32.2. The van der Waals surface area contributed by atoms with Crippen LogP contribution in [0.2, 0.25) is 0 Å². The van der Waals surface area contributed by atoms with E-state index in [1.54, 1.807) is 17.0 Å². The number of carbonyl (C=O) groups is 1. The van der Waals surface area contributed by atoms with Gasteiger partial charge in [-0.2, -0.15) is 0 Å². The molecule has 1 aliphatic heterocycles. The van der Waals surface area contributed by atoms with Gasteiger partial charge in [-0.25, -0.2) is 8.42 Å². The lowest BCUT2D eigenvalue weighted by Crippen LogP contribution is -2.40. The summed E-state index contributed by atoms with van der Waals surface area (Å²) in [6, 6.07) is 14.1. The van der Waals surface area contributed by atoms with Gasteiger partial charge in [-0.05, 0) is 47.6 Å². The van der Waals surface area contributed by atoms with E-state index in [1.807, 2.05) is 37.3 Å². The minimum absolute atomic E-state index is 0.0508. The molecule has 7 heteroatoms. The quantitative estimate of drug-likeness (QED) is 0.539. The molecule has 0 bridgehead atoms. The predicted molar refractivity (Wildman–Crippen MR) is 129 cm³/mol. The number of rotatable bonds is 6. The van der Waals surface area contributed by atoms with Crippen molar-refractivity contribution in [2.45, 2.75) is 52.1 Å². The van der Waals surface area contributed by atoms with Crippen LogP contribution in [0.3, 0.4) is 0 Å². The molecule has 3 aromatic rings. The molecule has 1 fully saturated rings. The molecule has 1 amide bonds. The number of hydrogen-bond donors (Lipinski definition) is 0. The van der Waals surface area contributed by atoms with Crippen LogP contribution in [0.25, 0.3) is 11.0 Å². The molecule has 0 spiro atoms. The molecule has 2 heterocycles. The van der Waals surface area contributed by atoms with Crippen molar-refractivity contribution in [3.8, 4) is 0 Å². The summed E-state index contributed by atoms with van der Waals surface area (Å²) in [4.78, 5) is 27.8. The summed E-state index contributed by atoms with van der Waals surface area (Å²) in [7, 11) is -3.20. The lowest BCUT2D eigenvalue weighted by molar-refractivity contribution is 0.0648. The number of nitrogens with zero attached hydrogens (tertiary/aromatic N) is 1. The fourth-order valence-electron chi connectivity index (χ4n) is 4.26. The zero-order chi connectivity index (χ0) is 23.8. The average Bonchev–Trinajstić information content (AvgIpc) is 3.16. The van der Waals surface area contributed by atoms with E-state index in [-0.39, 0.29) is 29.2 Å². The van der Waals surface area contributed by atoms with Crippen LogP contribution in [0.1, 0.15) is 60.4 Å². The third-order valence-corrected chi connectivity index (χ3v) is 8.07. The van der Waals surface area contributed by atoms with Crippen molar-refractivity contribution in [3.63, 3.8) is 0 Å². The van der Waals surface area contributed by atoms with Gasteiger partial charge in [-0.15, -0.1) is 0 Å². The maximum Gasteiger partial charge on any atom is 0.290 e. The van der Waals surface area contributed by atoms with E-state index in [0.717, 1.165) is 17.5 Å². The Hall–Kier alpha value is -2.93. The molecule has 1 aromatic heterocycles. The van der Waals surface area contributed by atoms with Crippen molar-refractivity contribution in [3.05, 3.63) is 81.2 Å². The Morgan fingerprint density at radius 1 is 1.09 bits per heavy atom. The van der Waals surface area contributed by atoms with Gasteiger partial charge in [-0.3, -0.25) is 9.59 Å². The Balaban J connectivity index is 1.70. The van der Waals surface area contributed by atoms with E-state index in [9.17, 15) is 18.0 Å². The van der Waals surface area contributed by atoms with Gasteiger partial charge in [-0.1, -0.05) is 51.1 Å². The minimum Gasteiger partial charge on any atom is -0.451 e. The van der Waals surface area contributed by atoms with Crippen LogP contribution < -0.4 is 5.43 Å². The summed E-state index contributed by atoms with van der Waals surface area (Å²) in [5, 5.41) is 0.435. The average molecular weight is 468 g/mol. The summed E-state index contributed by atoms with van der Waals surface area (Å²) in [5.74, 6) is -0.185. The zero-order valence-electron chi connectivity index (χ0n) is 19.2. The highest BCUT2D eigenvalue weighted by molar-refractivity contribution is 7.91. The second kappa shape index (κ2) is 9.14. The first kappa shape index (κ1) is 23.2. The molecule has 1 unspecified atom stereocenters. The van der Waals surface area contributed by atoms with Crippen LogP contribution in [0.5, 0.6) is 0 Å². The number of aryl methyl sites for hydroxylation is 1. The number of fused-ring (bicyclic) bond motifs is 1. The van der Waals surface area contributed by atoms with Gasteiger partial charge < -0.3 is 9.32 Å². The van der Waals surface area contributed by atoms with Gasteiger partial charge in [0, 0.05) is 18.7 Å². The van der Waals surface area contributed by atoms with E-state index in [2.05, 4.69) is 13.8 Å². The zero-order valence-corrected chi connectivity index (χ0v) is 20.0. The number of benzene rings is 2. The molecule has 0 aliphatic carbocycles. The first-order valence-electron chi connectivity index (χ1n) is 11.3. The fraction of sp³-hybridized carbons (Fsp3) is 0.385. The van der Waals surface area contributed by atoms with Crippen molar-refractivity contribution in [2.24, 2.45) is 0 Å². The monoisotopic (exact) mass is 467 g/mol. The second-order valence-corrected chi connectivity index (χ2v) is 11.3. The third-order valence-electron chi connectivity index (χ3n) is 6.32. The molecule has 1 aliphatic rings. The van der Waals surface area contributed by atoms with Crippen LogP contribution in [0.4, 0.5) is 0 Å². The Morgan fingerprint density at radius 3 is 2.39 bits per heavy atom. The molecule has 2 aromatic carbocycles. The maximum atomic E-state index is 13.5. The van der Waals surface area contributed by atoms with Crippen molar-refractivity contribution in [2.75, 3.05) is 11.5 Å². The Kier molecular flexibility index (Phi) is 6.43. The lowest BCUT2D eigenvalue weighted by atomic mass is 10.0. The molecular formula is C26H29NO5S. The summed E-state index contributed by atoms with van der Waals surface area (Å²) >= 11 is 0. The normalized spacial score (nSPS) is 17.5. The van der Waals surface area contributed by atoms with Crippen LogP contribution in [-0.4, -0.2) is 36.8 Å². The van der Waals surface area contributed by atoms with Crippen LogP contribution >= 0.6 is 0 Å². The number of sulfone groups is 1. The minimum atomic E-state index is -3.20. The highest BCUT2D eigenvalue weighted by Gasteiger charge is 2.36. The van der Waals surface area contributed by atoms with Crippen molar-refractivity contribution in [1.82, 2.24) is 4.90 Å². The van der Waals surface area contributed by atoms with Gasteiger partial charge in [0.2, 0.25) is 0 Å². The van der Waals surface area contributed by atoms with Crippen LogP contribution in [0.15, 0.2) is 57.7 Å². The molecule has 0 N–H and O–H groups in total. The molecule has 0 saturated carbocycles. The smallest absolute Gasteiger partial charge is 0.290 e. The number of hydrogen-bond acceptors (Lipinski definition) is 5. The molecule has 0 radical (unpaired) electrons. The summed E-state index contributed by atoms with van der Waals surface area (Å²) < 4.78 is 30.2. The molecule has 1 saturated heterocycles. The van der Waals surface area contributed by atoms with Crippen LogP contribution in [0, 0.1) is 0 Å². The van der Waals surface area contributed by atoms with Gasteiger partial charge in [0.1, 0.15) is 5.58 Å². The largest absolute Gasteiger partial charge is 0.451 e. The van der Waals surface area contributed by atoms with Crippen molar-refractivity contribution < 1.29 is 17.6 Å². The summed E-state index contributed by atoms with van der Waals surface area (Å²) in [6.07, 6.45) is 1.16. The van der Waals surface area contributed by atoms with Crippen molar-refractivity contribution >= 4 is 26.7 Å². The topological polar surface area (TPSA) is 84.7 Å². The molecule has 4 rings (SSSR count). The summed E-state index contributed by atoms with van der Waals surface area (Å²) in [6.45, 7) is 6.47. The number of carbonyl (C=O) groups excluding carboxylic acids is 1. The van der Waals surface area contributed by atoms with E-state index in [4.69, 9.17) is 4.42 Å². The molecule has 174 valence electrons. The lowest BCUT2D eigenvalue weighted by Gasteiger charge is -2.28. The molecule has 6 nitrogen and oxygen atoms in total. The van der Waals surface area contributed by atoms with E-state index in [1.165, 1.54) is 11.6 Å². The first-order valence-corrected chi connectivity index (χ1v) is 13.2. The summed E-state index contributed by atoms with van der Waals surface area (Å²) in [5.41, 5.74) is 3.16. The van der Waals surface area contributed by atoms with Crippen molar-refractivity contribution in [1.29, 1.82) is 0 Å². The SMILES string of the molecule is CCc1ccc2oc(C(=O)N(Cc3ccc(C(C)C)cc3)C3CCS(=O)(=O)C3)cc(=O)c2c1. The highest BCUT2D eigenvalue weighted by Crippen LogP contribution is 2.24. The number of amides is 1. The predicted octanol–water partition coefficient (Wildman–Crippen LogP) is 4.31. The standard InChI is InChI=1S/C26H29NO5S/c1-4-18-7-10-24-22(13-18)23(28)14-25(32-24)26(29)27(21-11-12-33(30,31)16-21)15-19-5-8-20(9-6-19)17(2)3/h5-10,13-14,17,21H,4,11-12,15-16H2,1-3H3. The Bertz CT molecular complexity index is 1340. The molecule has 33 heavy (non-hydrogen) atoms. The molecule has 1 atom stereocenters. The Morgan fingerprint density at radius 2 is 1.79 bits per heavy atom. The molecular weight excluding hydrogens is 438 g/mol. The van der Waals surface area contributed by atoms with E-state index < -0.39 is 21.8 Å². The van der Waals surface area contributed by atoms with E-state index in [0.29, 0.717) is 23.3 Å². The van der Waals surface area contributed by atoms with Gasteiger partial charge in [0.25, 0.3) is 5.91 Å². The van der Waals surface area contributed by atoms with E-state index >= 15 is 0 Å². The Labute approximate surface area is 194 Å².